The maximum Gasteiger partial charge on any atom is 0.256 e. The molecule has 0 atom stereocenters. The van der Waals surface area contributed by atoms with E-state index in [0.717, 1.165) is 12.4 Å². The summed E-state index contributed by atoms with van der Waals surface area (Å²) in [5.41, 5.74) is 5.14. The molecule has 31 heavy (non-hydrogen) atoms. The first-order valence-electron chi connectivity index (χ1n) is 8.55. The zero-order valence-electron chi connectivity index (χ0n) is 15.2. The van der Waals surface area contributed by atoms with Crippen molar-refractivity contribution in [3.8, 4) is 0 Å². The normalized spacial score (nSPS) is 11.5. The van der Waals surface area contributed by atoms with Crippen molar-refractivity contribution in [2.24, 2.45) is 10.7 Å². The highest BCUT2D eigenvalue weighted by Crippen LogP contribution is 2.30. The molecule has 0 saturated heterocycles. The van der Waals surface area contributed by atoms with Crippen LogP contribution < -0.4 is 11.1 Å². The van der Waals surface area contributed by atoms with Crippen LogP contribution in [0.2, 0.25) is 5.02 Å². The second-order valence-corrected chi connectivity index (χ2v) is 6.74. The lowest BCUT2D eigenvalue weighted by molar-refractivity contribution is 0.100. The molecule has 0 saturated carbocycles. The van der Waals surface area contributed by atoms with Gasteiger partial charge in [-0.2, -0.15) is 5.10 Å². The molecule has 7 nitrogen and oxygen atoms in total. The summed E-state index contributed by atoms with van der Waals surface area (Å²) in [6.45, 7) is 0. The number of hydrogen-bond acceptors (Lipinski definition) is 4. The lowest BCUT2D eigenvalue weighted by Crippen LogP contribution is -2.12. The minimum Gasteiger partial charge on any atom is -0.365 e. The molecule has 0 radical (unpaired) electrons. The molecule has 0 aliphatic rings. The molecule has 158 valence electrons. The molecule has 0 unspecified atom stereocenters. The minimum absolute atomic E-state index is 0.0474. The van der Waals surface area contributed by atoms with E-state index in [-0.39, 0.29) is 22.8 Å². The van der Waals surface area contributed by atoms with Crippen LogP contribution in [0.15, 0.2) is 35.5 Å². The monoisotopic (exact) mass is 450 g/mol. The number of H-pyrrole nitrogens is 2. The van der Waals surface area contributed by atoms with Gasteiger partial charge in [-0.1, -0.05) is 17.7 Å². The summed E-state index contributed by atoms with van der Waals surface area (Å²) in [6, 6.07) is 6.58. The lowest BCUT2D eigenvalue weighted by atomic mass is 10.1. The number of nitrogens with one attached hydrogen (secondary N) is 3. The summed E-state index contributed by atoms with van der Waals surface area (Å²) in [5, 5.41) is 9.19. The smallest absolute Gasteiger partial charge is 0.256 e. The molecule has 4 rings (SSSR count). The number of anilines is 2. The number of benzene rings is 2. The zero-order chi connectivity index (χ0) is 22.3. The number of rotatable bonds is 5. The Balaban J connectivity index is 1.73. The summed E-state index contributed by atoms with van der Waals surface area (Å²) < 4.78 is 55.1. The molecule has 5 N–H and O–H groups in total. The number of fused-ring (bicyclic) bond motifs is 1. The van der Waals surface area contributed by atoms with Gasteiger partial charge in [0.2, 0.25) is 0 Å². The summed E-state index contributed by atoms with van der Waals surface area (Å²) in [5.74, 6) is -7.97. The Labute approximate surface area is 175 Å². The third kappa shape index (κ3) is 3.59. The van der Waals surface area contributed by atoms with E-state index >= 15 is 0 Å². The molecule has 0 spiro atoms. The second-order valence-electron chi connectivity index (χ2n) is 6.30. The maximum atomic E-state index is 14.2. The Bertz CT molecular complexity index is 1360. The van der Waals surface area contributed by atoms with E-state index in [1.54, 1.807) is 24.3 Å². The first kappa shape index (κ1) is 20.4. The second kappa shape index (κ2) is 7.76. The number of halogens is 5. The molecule has 1 amide bonds. The summed E-state index contributed by atoms with van der Waals surface area (Å²) in [4.78, 5) is 18.2. The third-order valence-corrected chi connectivity index (χ3v) is 4.58. The fourth-order valence-electron chi connectivity index (χ4n) is 2.95. The van der Waals surface area contributed by atoms with Gasteiger partial charge >= 0.3 is 0 Å². The highest BCUT2D eigenvalue weighted by atomic mass is 35.5. The Morgan fingerprint density at radius 3 is 2.61 bits per heavy atom. The number of nitrogens with zero attached hydrogens (tertiary/aromatic N) is 2. The molecule has 2 aromatic carbocycles. The first-order valence-corrected chi connectivity index (χ1v) is 8.93. The molecular weight excluding hydrogens is 440 g/mol. The zero-order valence-corrected chi connectivity index (χ0v) is 16.0. The van der Waals surface area contributed by atoms with E-state index in [4.69, 9.17) is 17.3 Å². The van der Waals surface area contributed by atoms with Crippen molar-refractivity contribution in [2.45, 2.75) is 0 Å². The van der Waals surface area contributed by atoms with E-state index in [0.29, 0.717) is 10.7 Å². The first-order chi connectivity index (χ1) is 14.8. The van der Waals surface area contributed by atoms with E-state index in [1.165, 1.54) is 0 Å². The fraction of sp³-hybridized carbons (Fsp3) is 0. The molecule has 0 aliphatic carbocycles. The van der Waals surface area contributed by atoms with Crippen LogP contribution in [0.25, 0.3) is 10.9 Å². The fourth-order valence-corrected chi connectivity index (χ4v) is 3.14. The van der Waals surface area contributed by atoms with Crippen molar-refractivity contribution in [3.05, 3.63) is 69.9 Å². The Morgan fingerprint density at radius 1 is 1.16 bits per heavy atom. The van der Waals surface area contributed by atoms with E-state index in [1.807, 2.05) is 0 Å². The number of carbonyl (C=O) groups excluding carboxylic acids is 1. The van der Waals surface area contributed by atoms with Crippen LogP contribution in [0.4, 0.5) is 34.9 Å². The number of hydrogen-bond donors (Lipinski definition) is 4. The van der Waals surface area contributed by atoms with Gasteiger partial charge in [0.1, 0.15) is 5.56 Å². The molecule has 12 heteroatoms. The summed E-state index contributed by atoms with van der Waals surface area (Å²) in [6.07, 6.45) is 2.12. The Morgan fingerprint density at radius 2 is 1.90 bits per heavy atom. The quantitative estimate of drug-likeness (QED) is 0.153. The van der Waals surface area contributed by atoms with E-state index in [9.17, 15) is 22.4 Å². The molecule has 0 fully saturated rings. The number of aromatic amines is 2. The van der Waals surface area contributed by atoms with Crippen molar-refractivity contribution < 1.29 is 22.4 Å². The number of primary amides is 1. The van der Waals surface area contributed by atoms with Gasteiger partial charge in [0, 0.05) is 28.7 Å². The number of carbonyl (C=O) groups is 1. The topological polar surface area (TPSA) is 112 Å². The minimum atomic E-state index is -1.95. The molecular formula is C19H11ClF4N6O. The highest BCUT2D eigenvalue weighted by Gasteiger charge is 2.23. The van der Waals surface area contributed by atoms with Gasteiger partial charge in [-0.05, 0) is 18.2 Å². The number of aliphatic imine (C=N–C) groups is 1. The predicted octanol–water partition coefficient (Wildman–Crippen LogP) is 4.69. The Kier molecular flexibility index (Phi) is 5.11. The van der Waals surface area contributed by atoms with Gasteiger partial charge in [-0.25, -0.2) is 22.6 Å². The van der Waals surface area contributed by atoms with Gasteiger partial charge in [-0.3, -0.25) is 9.89 Å². The predicted molar refractivity (Wildman–Crippen MR) is 107 cm³/mol. The van der Waals surface area contributed by atoms with Gasteiger partial charge in [0.15, 0.2) is 34.9 Å². The Hall–Kier alpha value is -3.86. The standard InChI is InChI=1S/C19H11ClF4N6O/c20-8-2-1-3-9(4-8)28-19-11(17(25)31)18(29-30-19)27-6-7-5-26-16-10(7)12(21)13(22)14(23)15(16)24/h1-6,26H,(H2,25,31)(H2,28,29,30)/b27-6+. The maximum absolute atomic E-state index is 14.2. The number of nitrogens with two attached hydrogens (primary N) is 1. The van der Waals surface area contributed by atoms with Crippen LogP contribution in [0.3, 0.4) is 0 Å². The van der Waals surface area contributed by atoms with Crippen molar-refractivity contribution in [2.75, 3.05) is 5.32 Å². The van der Waals surface area contributed by atoms with Crippen molar-refractivity contribution in [1.82, 2.24) is 15.2 Å². The van der Waals surface area contributed by atoms with E-state index < -0.39 is 40.1 Å². The molecule has 2 aromatic heterocycles. The molecule has 4 aromatic rings. The van der Waals surface area contributed by atoms with Crippen molar-refractivity contribution in [1.29, 1.82) is 0 Å². The van der Waals surface area contributed by atoms with Gasteiger partial charge in [0.25, 0.3) is 5.91 Å². The van der Waals surface area contributed by atoms with Gasteiger partial charge in [-0.15, -0.1) is 0 Å². The van der Waals surface area contributed by atoms with Crippen molar-refractivity contribution >= 4 is 51.9 Å². The van der Waals surface area contributed by atoms with Crippen LogP contribution in [-0.2, 0) is 0 Å². The van der Waals surface area contributed by atoms with E-state index in [2.05, 4.69) is 25.5 Å². The highest BCUT2D eigenvalue weighted by molar-refractivity contribution is 6.30. The molecule has 0 bridgehead atoms. The van der Waals surface area contributed by atoms with Crippen LogP contribution in [-0.4, -0.2) is 27.3 Å². The number of amides is 1. The van der Waals surface area contributed by atoms with Crippen LogP contribution in [0, 0.1) is 23.3 Å². The SMILES string of the molecule is NC(=O)c1c(Nc2cccc(Cl)c2)n[nH]c1/N=C/c1c[nH]c2c(F)c(F)c(F)c(F)c12. The summed E-state index contributed by atoms with van der Waals surface area (Å²) in [7, 11) is 0. The summed E-state index contributed by atoms with van der Waals surface area (Å²) >= 11 is 5.92. The molecule has 2 heterocycles. The van der Waals surface area contributed by atoms with Gasteiger partial charge in [0.05, 0.1) is 10.9 Å². The third-order valence-electron chi connectivity index (χ3n) is 4.34. The molecule has 0 aliphatic heterocycles. The average Bonchev–Trinajstić information content (AvgIpc) is 3.33. The van der Waals surface area contributed by atoms with Crippen LogP contribution in [0.5, 0.6) is 0 Å². The lowest BCUT2D eigenvalue weighted by Gasteiger charge is -2.04. The number of aromatic nitrogens is 3. The van der Waals surface area contributed by atoms with Crippen LogP contribution >= 0.6 is 11.6 Å². The average molecular weight is 451 g/mol. The van der Waals surface area contributed by atoms with Gasteiger partial charge < -0.3 is 16.0 Å². The van der Waals surface area contributed by atoms with Crippen LogP contribution in [0.1, 0.15) is 15.9 Å². The largest absolute Gasteiger partial charge is 0.365 e. The van der Waals surface area contributed by atoms with Crippen molar-refractivity contribution in [3.63, 3.8) is 0 Å².